The van der Waals surface area contributed by atoms with Crippen molar-refractivity contribution in [3.63, 3.8) is 0 Å². The van der Waals surface area contributed by atoms with E-state index in [9.17, 15) is 15.8 Å². The number of ether oxygens (including phenoxy) is 4. The number of fused-ring (bicyclic) bond motifs is 3. The van der Waals surface area contributed by atoms with Crippen molar-refractivity contribution >= 4 is 5.90 Å². The summed E-state index contributed by atoms with van der Waals surface area (Å²) in [7, 11) is 0. The summed E-state index contributed by atoms with van der Waals surface area (Å²) in [4.78, 5) is 0. The molecule has 31 heavy (non-hydrogen) atoms. The number of nitrogens with zero attached hydrogens (tertiary/aromatic N) is 3. The molecule has 4 unspecified atom stereocenters. The van der Waals surface area contributed by atoms with Crippen molar-refractivity contribution in [1.82, 2.24) is 0 Å². The summed E-state index contributed by atoms with van der Waals surface area (Å²) < 4.78 is 23.2. The first-order valence-corrected chi connectivity index (χ1v) is 9.64. The molecule has 2 fully saturated rings. The van der Waals surface area contributed by atoms with Crippen LogP contribution in [-0.4, -0.2) is 12.7 Å². The molecule has 8 nitrogen and oxygen atoms in total. The molecule has 2 bridgehead atoms. The third-order valence-corrected chi connectivity index (χ3v) is 6.54. The molecular weight excluding hydrogens is 396 g/mol. The van der Waals surface area contributed by atoms with Crippen LogP contribution in [-0.2, 0) is 15.3 Å². The van der Waals surface area contributed by atoms with Gasteiger partial charge in [-0.1, -0.05) is 43.3 Å². The number of benzene rings is 2. The second-order valence-electron chi connectivity index (χ2n) is 7.75. The van der Waals surface area contributed by atoms with Crippen LogP contribution in [0.2, 0.25) is 0 Å². The Morgan fingerprint density at radius 2 is 1.68 bits per heavy atom. The summed E-state index contributed by atoms with van der Waals surface area (Å²) in [5.41, 5.74) is -2.82. The molecule has 152 valence electrons. The van der Waals surface area contributed by atoms with Crippen LogP contribution in [0, 0.1) is 56.2 Å². The molecule has 3 aliphatic heterocycles. The van der Waals surface area contributed by atoms with Crippen LogP contribution in [0.15, 0.2) is 48.5 Å². The van der Waals surface area contributed by atoms with Crippen LogP contribution in [0.3, 0.4) is 0 Å². The maximum atomic E-state index is 10.3. The first-order chi connectivity index (χ1) is 15.0. The summed E-state index contributed by atoms with van der Waals surface area (Å²) in [5, 5.41) is 39.4. The monoisotopic (exact) mass is 412 g/mol. The van der Waals surface area contributed by atoms with Crippen LogP contribution in [0.25, 0.3) is 0 Å². The van der Waals surface area contributed by atoms with E-state index in [2.05, 4.69) is 6.07 Å². The molecule has 0 saturated carbocycles. The van der Waals surface area contributed by atoms with Gasteiger partial charge < -0.3 is 18.9 Å². The summed E-state index contributed by atoms with van der Waals surface area (Å²) in [5.74, 6) is -1.77. The fourth-order valence-corrected chi connectivity index (χ4v) is 4.92. The Hall–Kier alpha value is -4.06. The second kappa shape index (κ2) is 6.22. The zero-order valence-electron chi connectivity index (χ0n) is 16.5. The Bertz CT molecular complexity index is 1210. The molecule has 1 N–H and O–H groups in total. The fourth-order valence-electron chi connectivity index (χ4n) is 4.92. The van der Waals surface area contributed by atoms with Crippen LogP contribution in [0.1, 0.15) is 24.2 Å². The van der Waals surface area contributed by atoms with Gasteiger partial charge in [0.25, 0.3) is 0 Å². The van der Waals surface area contributed by atoms with Gasteiger partial charge in [-0.25, -0.2) is 0 Å². The van der Waals surface area contributed by atoms with Crippen molar-refractivity contribution < 1.29 is 18.9 Å². The normalized spacial score (nSPS) is 31.7. The maximum Gasteiger partial charge on any atom is 0.244 e. The van der Waals surface area contributed by atoms with Crippen molar-refractivity contribution in [3.8, 4) is 29.7 Å². The van der Waals surface area contributed by atoms with Gasteiger partial charge in [-0.05, 0) is 17.7 Å². The van der Waals surface area contributed by atoms with Crippen molar-refractivity contribution in [2.24, 2.45) is 16.7 Å². The number of rotatable bonds is 2. The molecule has 2 saturated heterocycles. The van der Waals surface area contributed by atoms with Gasteiger partial charge in [0.05, 0.1) is 24.1 Å². The molecule has 2 aromatic rings. The molecule has 3 aliphatic rings. The van der Waals surface area contributed by atoms with E-state index < -0.39 is 34.5 Å². The molecule has 8 heteroatoms. The van der Waals surface area contributed by atoms with Gasteiger partial charge in [0, 0.05) is 5.56 Å². The van der Waals surface area contributed by atoms with Gasteiger partial charge in [-0.15, -0.1) is 0 Å². The number of hydrogen-bond donors (Lipinski definition) is 1. The lowest BCUT2D eigenvalue weighted by atomic mass is 9.53. The summed E-state index contributed by atoms with van der Waals surface area (Å²) in [6.45, 7) is 1.74. The largest absolute Gasteiger partial charge is 0.454 e. The predicted octanol–water partition coefficient (Wildman–Crippen LogP) is 3.53. The summed E-state index contributed by atoms with van der Waals surface area (Å²) in [6.07, 6.45) is -1.18. The lowest BCUT2D eigenvalue weighted by Gasteiger charge is -2.48. The van der Waals surface area contributed by atoms with E-state index in [0.29, 0.717) is 22.6 Å². The highest BCUT2D eigenvalue weighted by atomic mass is 16.7. The van der Waals surface area contributed by atoms with Gasteiger partial charge >= 0.3 is 0 Å². The molecule has 2 aromatic carbocycles. The standard InChI is InChI=1S/C23H16N4O4/c1-14-22(12-26)20(27)31-23(14,16-5-3-2-4-6-16)30-19(21(22,10-24)11-25)15-7-8-17-18(9-15)29-13-28-17/h2-9,14,19,27H,13H2,1H3. The van der Waals surface area contributed by atoms with Gasteiger partial charge in [0.15, 0.2) is 16.9 Å². The fraction of sp³-hybridized carbons (Fsp3) is 0.304. The topological polar surface area (TPSA) is 132 Å². The van der Waals surface area contributed by atoms with Crippen LogP contribution < -0.4 is 9.47 Å². The highest BCUT2D eigenvalue weighted by Crippen LogP contribution is 2.69. The van der Waals surface area contributed by atoms with Crippen molar-refractivity contribution in [3.05, 3.63) is 59.7 Å². The Labute approximate surface area is 178 Å². The predicted molar refractivity (Wildman–Crippen MR) is 104 cm³/mol. The third kappa shape index (κ3) is 2.06. The first kappa shape index (κ1) is 18.9. The van der Waals surface area contributed by atoms with Gasteiger partial charge in [-0.3, -0.25) is 5.41 Å². The Balaban J connectivity index is 1.79. The highest BCUT2D eigenvalue weighted by molar-refractivity contribution is 5.89. The van der Waals surface area contributed by atoms with Crippen LogP contribution >= 0.6 is 0 Å². The first-order valence-electron chi connectivity index (χ1n) is 9.64. The van der Waals surface area contributed by atoms with Crippen molar-refractivity contribution in [2.75, 3.05) is 6.79 Å². The average molecular weight is 412 g/mol. The van der Waals surface area contributed by atoms with Gasteiger partial charge in [-0.2, -0.15) is 15.8 Å². The number of nitriles is 3. The van der Waals surface area contributed by atoms with Gasteiger partial charge in [0.1, 0.15) is 6.10 Å². The number of nitrogens with one attached hydrogen (secondary N) is 1. The quantitative estimate of drug-likeness (QED) is 0.798. The van der Waals surface area contributed by atoms with Crippen molar-refractivity contribution in [2.45, 2.75) is 18.8 Å². The molecule has 0 spiro atoms. The summed E-state index contributed by atoms with van der Waals surface area (Å²) in [6, 6.07) is 20.1. The zero-order valence-corrected chi connectivity index (χ0v) is 16.5. The minimum atomic E-state index is -2.03. The van der Waals surface area contributed by atoms with E-state index in [1.807, 2.05) is 18.2 Å². The molecule has 5 rings (SSSR count). The Morgan fingerprint density at radius 1 is 0.968 bits per heavy atom. The minimum absolute atomic E-state index is 0.0623. The lowest BCUT2D eigenvalue weighted by Crippen LogP contribution is -2.57. The smallest absolute Gasteiger partial charge is 0.244 e. The minimum Gasteiger partial charge on any atom is -0.454 e. The van der Waals surface area contributed by atoms with Gasteiger partial charge in [0.2, 0.25) is 23.9 Å². The molecule has 0 radical (unpaired) electrons. The van der Waals surface area contributed by atoms with Crippen LogP contribution in [0.4, 0.5) is 0 Å². The van der Waals surface area contributed by atoms with Crippen molar-refractivity contribution in [1.29, 1.82) is 21.2 Å². The maximum absolute atomic E-state index is 10.3. The van der Waals surface area contributed by atoms with E-state index in [1.165, 1.54) is 0 Å². The lowest BCUT2D eigenvalue weighted by molar-refractivity contribution is -0.288. The molecule has 0 aliphatic carbocycles. The Morgan fingerprint density at radius 3 is 2.35 bits per heavy atom. The molecule has 4 atom stereocenters. The van der Waals surface area contributed by atoms with E-state index in [0.717, 1.165) is 0 Å². The molecule has 0 amide bonds. The zero-order chi connectivity index (χ0) is 21.9. The molecule has 3 heterocycles. The Kier molecular flexibility index (Phi) is 3.80. The van der Waals surface area contributed by atoms with E-state index >= 15 is 0 Å². The molecule has 0 aromatic heterocycles. The number of hydrogen-bond acceptors (Lipinski definition) is 8. The average Bonchev–Trinajstić information content (AvgIpc) is 3.33. The SMILES string of the molecule is CC1C2(c3ccccc3)OC(=N)C1(C#N)C(C#N)(C#N)C(c1ccc3c(c1)OCO3)O2. The second-order valence-corrected chi connectivity index (χ2v) is 7.75. The third-order valence-electron chi connectivity index (χ3n) is 6.54. The molecular formula is C23H16N4O4. The summed E-state index contributed by atoms with van der Waals surface area (Å²) >= 11 is 0. The van der Waals surface area contributed by atoms with E-state index in [-0.39, 0.29) is 6.79 Å². The van der Waals surface area contributed by atoms with Crippen LogP contribution in [0.5, 0.6) is 11.5 Å². The highest BCUT2D eigenvalue weighted by Gasteiger charge is 2.79. The van der Waals surface area contributed by atoms with E-state index in [1.54, 1.807) is 49.4 Å². The van der Waals surface area contributed by atoms with E-state index in [4.69, 9.17) is 24.4 Å².